The summed E-state index contributed by atoms with van der Waals surface area (Å²) in [5.74, 6) is 0.584. The Morgan fingerprint density at radius 1 is 1.19 bits per heavy atom. The molecule has 0 aromatic carbocycles. The second-order valence-corrected chi connectivity index (χ2v) is 6.10. The lowest BCUT2D eigenvalue weighted by atomic mass is 9.85. The number of hydrogen-bond donors (Lipinski definition) is 1. The Morgan fingerprint density at radius 2 is 1.95 bits per heavy atom. The van der Waals surface area contributed by atoms with Crippen LogP contribution in [0.25, 0.3) is 11.0 Å². The molecular formula is C15H21N5O. The number of aryl methyl sites for hydroxylation is 1. The predicted octanol–water partition coefficient (Wildman–Crippen LogP) is 1.36. The molecule has 2 aliphatic rings. The quantitative estimate of drug-likeness (QED) is 0.903. The Labute approximate surface area is 123 Å². The number of fused-ring (bicyclic) bond motifs is 1. The van der Waals surface area contributed by atoms with E-state index in [2.05, 4.69) is 32.6 Å². The van der Waals surface area contributed by atoms with Gasteiger partial charge in [0.25, 0.3) is 0 Å². The van der Waals surface area contributed by atoms with Crippen molar-refractivity contribution in [2.45, 2.75) is 31.8 Å². The van der Waals surface area contributed by atoms with Gasteiger partial charge in [-0.2, -0.15) is 0 Å². The Bertz CT molecular complexity index is 655. The van der Waals surface area contributed by atoms with E-state index in [1.54, 1.807) is 6.33 Å². The maximum atomic E-state index is 5.99. The van der Waals surface area contributed by atoms with Crippen molar-refractivity contribution >= 4 is 16.9 Å². The lowest BCUT2D eigenvalue weighted by Gasteiger charge is -2.45. The van der Waals surface area contributed by atoms with Crippen LogP contribution in [0.5, 0.6) is 0 Å². The molecule has 0 amide bonds. The number of morpholine rings is 1. The molecule has 1 saturated heterocycles. The first kappa shape index (κ1) is 13.0. The van der Waals surface area contributed by atoms with Crippen LogP contribution in [0.3, 0.4) is 0 Å². The van der Waals surface area contributed by atoms with Gasteiger partial charge in [0.1, 0.15) is 17.8 Å². The van der Waals surface area contributed by atoms with Crippen molar-refractivity contribution in [1.82, 2.24) is 19.4 Å². The molecule has 1 aliphatic carbocycles. The number of nitrogen functional groups attached to an aromatic ring is 1. The van der Waals surface area contributed by atoms with Crippen LogP contribution in [0.15, 0.2) is 12.5 Å². The topological polar surface area (TPSA) is 69.2 Å². The number of hydrogen-bond acceptors (Lipinski definition) is 5. The highest BCUT2D eigenvalue weighted by Gasteiger charge is 2.36. The third kappa shape index (κ3) is 2.10. The van der Waals surface area contributed by atoms with Crippen LogP contribution < -0.4 is 5.73 Å². The number of anilines is 1. The molecule has 112 valence electrons. The fourth-order valence-corrected chi connectivity index (χ4v) is 3.60. The SMILES string of the molecule is Cc1cn(C2CC(N3CCOCC3)C2)c2ncnc(N)c12. The summed E-state index contributed by atoms with van der Waals surface area (Å²) in [6, 6.07) is 1.22. The van der Waals surface area contributed by atoms with Gasteiger partial charge in [0.2, 0.25) is 0 Å². The minimum absolute atomic E-state index is 0.531. The lowest BCUT2D eigenvalue weighted by Crippen LogP contribution is -2.49. The van der Waals surface area contributed by atoms with Crippen molar-refractivity contribution in [3.05, 3.63) is 18.1 Å². The minimum atomic E-state index is 0.531. The minimum Gasteiger partial charge on any atom is -0.383 e. The van der Waals surface area contributed by atoms with Gasteiger partial charge in [0.15, 0.2) is 0 Å². The van der Waals surface area contributed by atoms with Gasteiger partial charge >= 0.3 is 0 Å². The highest BCUT2D eigenvalue weighted by molar-refractivity contribution is 5.89. The van der Waals surface area contributed by atoms with Crippen molar-refractivity contribution in [2.24, 2.45) is 0 Å². The third-order valence-corrected chi connectivity index (χ3v) is 4.87. The first-order valence-corrected chi connectivity index (χ1v) is 7.63. The number of rotatable bonds is 2. The zero-order valence-corrected chi connectivity index (χ0v) is 12.3. The predicted molar refractivity (Wildman–Crippen MR) is 81.1 cm³/mol. The summed E-state index contributed by atoms with van der Waals surface area (Å²) in [7, 11) is 0. The second kappa shape index (κ2) is 4.96. The molecule has 2 fully saturated rings. The zero-order chi connectivity index (χ0) is 14.4. The van der Waals surface area contributed by atoms with Gasteiger partial charge in [-0.1, -0.05) is 0 Å². The van der Waals surface area contributed by atoms with E-state index in [-0.39, 0.29) is 0 Å². The second-order valence-electron chi connectivity index (χ2n) is 6.10. The molecule has 0 unspecified atom stereocenters. The van der Waals surface area contributed by atoms with E-state index in [1.165, 1.54) is 12.8 Å². The first-order chi connectivity index (χ1) is 10.2. The van der Waals surface area contributed by atoms with Crippen molar-refractivity contribution < 1.29 is 4.74 Å². The molecule has 2 N–H and O–H groups in total. The Morgan fingerprint density at radius 3 is 2.71 bits per heavy atom. The van der Waals surface area contributed by atoms with Crippen LogP contribution in [-0.2, 0) is 4.74 Å². The fraction of sp³-hybridized carbons (Fsp3) is 0.600. The smallest absolute Gasteiger partial charge is 0.145 e. The molecule has 21 heavy (non-hydrogen) atoms. The summed E-state index contributed by atoms with van der Waals surface area (Å²) >= 11 is 0. The zero-order valence-electron chi connectivity index (χ0n) is 12.3. The Kier molecular flexibility index (Phi) is 3.08. The fourth-order valence-electron chi connectivity index (χ4n) is 3.60. The number of nitrogens with zero attached hydrogens (tertiary/aromatic N) is 4. The van der Waals surface area contributed by atoms with Crippen LogP contribution in [0.4, 0.5) is 5.82 Å². The van der Waals surface area contributed by atoms with Gasteiger partial charge < -0.3 is 15.0 Å². The maximum Gasteiger partial charge on any atom is 0.145 e. The highest BCUT2D eigenvalue weighted by Crippen LogP contribution is 2.39. The summed E-state index contributed by atoms with van der Waals surface area (Å²) in [5.41, 5.74) is 8.13. The molecular weight excluding hydrogens is 266 g/mol. The van der Waals surface area contributed by atoms with E-state index >= 15 is 0 Å². The normalized spacial score (nSPS) is 26.9. The van der Waals surface area contributed by atoms with E-state index in [0.29, 0.717) is 17.9 Å². The standard InChI is InChI=1S/C15H21N5O/c1-10-8-20(15-13(10)14(16)17-9-18-15)12-6-11(7-12)19-2-4-21-5-3-19/h8-9,11-12H,2-7H2,1H3,(H2,16,17,18). The maximum absolute atomic E-state index is 5.99. The first-order valence-electron chi connectivity index (χ1n) is 7.63. The molecule has 1 saturated carbocycles. The molecule has 3 heterocycles. The summed E-state index contributed by atoms with van der Waals surface area (Å²) in [6.45, 7) is 5.96. The molecule has 0 atom stereocenters. The number of ether oxygens (including phenoxy) is 1. The molecule has 2 aromatic heterocycles. The van der Waals surface area contributed by atoms with E-state index in [4.69, 9.17) is 10.5 Å². The highest BCUT2D eigenvalue weighted by atomic mass is 16.5. The Balaban J connectivity index is 1.55. The summed E-state index contributed by atoms with van der Waals surface area (Å²) in [4.78, 5) is 11.1. The monoisotopic (exact) mass is 287 g/mol. The van der Waals surface area contributed by atoms with Crippen LogP contribution in [-0.4, -0.2) is 51.8 Å². The van der Waals surface area contributed by atoms with Crippen molar-refractivity contribution in [3.63, 3.8) is 0 Å². The van der Waals surface area contributed by atoms with E-state index in [1.807, 2.05) is 0 Å². The van der Waals surface area contributed by atoms with Crippen LogP contribution in [0.1, 0.15) is 24.4 Å². The molecule has 6 nitrogen and oxygen atoms in total. The molecule has 2 aromatic rings. The average Bonchev–Trinajstić information content (AvgIpc) is 2.77. The number of aromatic nitrogens is 3. The van der Waals surface area contributed by atoms with Gasteiger partial charge in [-0.25, -0.2) is 9.97 Å². The van der Waals surface area contributed by atoms with E-state index in [0.717, 1.165) is 42.9 Å². The van der Waals surface area contributed by atoms with Crippen molar-refractivity contribution in [2.75, 3.05) is 32.0 Å². The van der Waals surface area contributed by atoms with Gasteiger partial charge in [-0.05, 0) is 25.3 Å². The lowest BCUT2D eigenvalue weighted by molar-refractivity contribution is -0.0142. The van der Waals surface area contributed by atoms with Gasteiger partial charge in [-0.15, -0.1) is 0 Å². The molecule has 4 rings (SSSR count). The molecule has 1 aliphatic heterocycles. The number of nitrogens with two attached hydrogens (primary N) is 1. The Hall–Kier alpha value is -1.66. The van der Waals surface area contributed by atoms with E-state index < -0.39 is 0 Å². The van der Waals surface area contributed by atoms with E-state index in [9.17, 15) is 0 Å². The third-order valence-electron chi connectivity index (χ3n) is 4.87. The van der Waals surface area contributed by atoms with Crippen LogP contribution >= 0.6 is 0 Å². The summed E-state index contributed by atoms with van der Waals surface area (Å²) in [5, 5.41) is 1.01. The average molecular weight is 287 g/mol. The molecule has 0 spiro atoms. The largest absolute Gasteiger partial charge is 0.383 e. The van der Waals surface area contributed by atoms with Crippen molar-refractivity contribution in [3.8, 4) is 0 Å². The molecule has 0 bridgehead atoms. The summed E-state index contributed by atoms with van der Waals surface area (Å²) in [6.07, 6.45) is 6.11. The van der Waals surface area contributed by atoms with Gasteiger partial charge in [0, 0.05) is 31.4 Å². The van der Waals surface area contributed by atoms with Crippen molar-refractivity contribution in [1.29, 1.82) is 0 Å². The van der Waals surface area contributed by atoms with Crippen LogP contribution in [0, 0.1) is 6.92 Å². The van der Waals surface area contributed by atoms with Gasteiger partial charge in [0.05, 0.1) is 18.6 Å². The molecule has 6 heteroatoms. The van der Waals surface area contributed by atoms with Gasteiger partial charge in [-0.3, -0.25) is 4.90 Å². The molecule has 0 radical (unpaired) electrons. The van der Waals surface area contributed by atoms with Crippen LogP contribution in [0.2, 0.25) is 0 Å². The summed E-state index contributed by atoms with van der Waals surface area (Å²) < 4.78 is 7.72.